The molecule has 0 atom stereocenters. The molecule has 0 fully saturated rings. The average molecular weight is 194 g/mol. The van der Waals surface area contributed by atoms with E-state index in [9.17, 15) is 0 Å². The fourth-order valence-electron chi connectivity index (χ4n) is 0.621. The first-order valence-electron chi connectivity index (χ1n) is 4.04. The van der Waals surface area contributed by atoms with Crippen LogP contribution in [0, 0.1) is 0 Å². The summed E-state index contributed by atoms with van der Waals surface area (Å²) in [4.78, 5) is 7.79. The minimum atomic E-state index is -0.0745. The number of nitrogens with zero attached hydrogens (tertiary/aromatic N) is 2. The van der Waals surface area contributed by atoms with Crippen molar-refractivity contribution in [2.45, 2.75) is 0 Å². The van der Waals surface area contributed by atoms with Crippen molar-refractivity contribution in [2.24, 2.45) is 9.98 Å². The van der Waals surface area contributed by atoms with Crippen LogP contribution < -0.4 is 0 Å². The third-order valence-corrected chi connectivity index (χ3v) is 1.15. The number of hydrogen-bond acceptors (Lipinski definition) is 3. The maximum Gasteiger partial charge on any atom is 0.214 e. The summed E-state index contributed by atoms with van der Waals surface area (Å²) in [6, 6.07) is 0. The number of rotatable bonds is 5. The molecule has 1 N–H and O–H groups in total. The quantitative estimate of drug-likeness (QED) is 0.530. The number of aliphatic imine (C=N–C) groups is 2. The molecule has 14 heavy (non-hydrogen) atoms. The summed E-state index contributed by atoms with van der Waals surface area (Å²) in [5.74, 6) is 0.674. The van der Waals surface area contributed by atoms with Gasteiger partial charge in [0.1, 0.15) is 6.61 Å². The Labute approximate surface area is 83.7 Å². The Balaban J connectivity index is 4.53. The summed E-state index contributed by atoms with van der Waals surface area (Å²) in [6.07, 6.45) is 4.25. The highest BCUT2D eigenvalue weighted by Gasteiger charge is 1.95. The zero-order valence-electron chi connectivity index (χ0n) is 8.02. The van der Waals surface area contributed by atoms with Gasteiger partial charge in [0.05, 0.1) is 6.61 Å². The SMILES string of the molecule is C=CN=C(C=C)N=C(C=C)OCCO. The summed E-state index contributed by atoms with van der Waals surface area (Å²) in [5.41, 5.74) is 0. The van der Waals surface area contributed by atoms with Gasteiger partial charge in [0.25, 0.3) is 0 Å². The molecule has 0 saturated heterocycles. The molecule has 0 aliphatic carbocycles. The van der Waals surface area contributed by atoms with Crippen molar-refractivity contribution >= 4 is 11.7 Å². The number of aliphatic hydroxyl groups is 1. The van der Waals surface area contributed by atoms with Crippen LogP contribution in [0.1, 0.15) is 0 Å². The second kappa shape index (κ2) is 7.94. The Kier molecular flexibility index (Phi) is 6.99. The molecule has 4 heteroatoms. The fourth-order valence-corrected chi connectivity index (χ4v) is 0.621. The minimum Gasteiger partial charge on any atom is -0.475 e. The van der Waals surface area contributed by atoms with E-state index in [4.69, 9.17) is 9.84 Å². The lowest BCUT2D eigenvalue weighted by atomic mass is 10.5. The minimum absolute atomic E-state index is 0.0745. The molecule has 0 aromatic heterocycles. The first-order valence-corrected chi connectivity index (χ1v) is 4.04. The second-order valence-electron chi connectivity index (χ2n) is 2.10. The van der Waals surface area contributed by atoms with Gasteiger partial charge in [0, 0.05) is 6.20 Å². The summed E-state index contributed by atoms with van der Waals surface area (Å²) in [5, 5.41) is 8.52. The number of aliphatic hydroxyl groups excluding tert-OH is 1. The van der Waals surface area contributed by atoms with E-state index in [2.05, 4.69) is 29.7 Å². The van der Waals surface area contributed by atoms with Gasteiger partial charge in [-0.25, -0.2) is 4.99 Å². The molecule has 4 nitrogen and oxygen atoms in total. The number of amidine groups is 1. The molecule has 0 aliphatic heterocycles. The van der Waals surface area contributed by atoms with E-state index in [1.807, 2.05) is 0 Å². The predicted octanol–water partition coefficient (Wildman–Crippen LogP) is 1.31. The zero-order chi connectivity index (χ0) is 10.8. The van der Waals surface area contributed by atoms with Gasteiger partial charge in [-0.2, -0.15) is 4.99 Å². The molecule has 0 amide bonds. The molecular weight excluding hydrogens is 180 g/mol. The van der Waals surface area contributed by atoms with Crippen LogP contribution in [-0.2, 0) is 4.74 Å². The fraction of sp³-hybridized carbons (Fsp3) is 0.200. The van der Waals surface area contributed by atoms with Crippen molar-refractivity contribution in [3.8, 4) is 0 Å². The van der Waals surface area contributed by atoms with Crippen LogP contribution in [0.2, 0.25) is 0 Å². The first-order chi connectivity index (χ1) is 6.78. The topological polar surface area (TPSA) is 54.2 Å². The second-order valence-corrected chi connectivity index (χ2v) is 2.10. The third kappa shape index (κ3) is 5.05. The van der Waals surface area contributed by atoms with Crippen molar-refractivity contribution in [1.82, 2.24) is 0 Å². The van der Waals surface area contributed by atoms with Gasteiger partial charge in [-0.1, -0.05) is 19.7 Å². The summed E-state index contributed by atoms with van der Waals surface area (Å²) >= 11 is 0. The molecule has 0 aliphatic rings. The van der Waals surface area contributed by atoms with Crippen molar-refractivity contribution in [3.05, 3.63) is 38.1 Å². The van der Waals surface area contributed by atoms with Gasteiger partial charge in [0.15, 0.2) is 5.84 Å². The van der Waals surface area contributed by atoms with Gasteiger partial charge >= 0.3 is 0 Å². The Hall–Kier alpha value is -1.68. The highest BCUT2D eigenvalue weighted by Crippen LogP contribution is 1.90. The summed E-state index contributed by atoms with van der Waals surface area (Å²) in [6.45, 7) is 10.6. The Morgan fingerprint density at radius 2 is 2.00 bits per heavy atom. The third-order valence-electron chi connectivity index (χ3n) is 1.15. The highest BCUT2D eigenvalue weighted by atomic mass is 16.5. The molecular formula is C10H14N2O2. The van der Waals surface area contributed by atoms with E-state index in [0.717, 1.165) is 0 Å². The van der Waals surface area contributed by atoms with Crippen molar-refractivity contribution in [3.63, 3.8) is 0 Å². The van der Waals surface area contributed by atoms with Crippen LogP contribution in [0.25, 0.3) is 0 Å². The lowest BCUT2D eigenvalue weighted by molar-refractivity contribution is 0.195. The van der Waals surface area contributed by atoms with Gasteiger partial charge in [-0.15, -0.1) is 0 Å². The first kappa shape index (κ1) is 12.3. The molecule has 0 rings (SSSR count). The standard InChI is InChI=1S/C10H14N2O2/c1-4-9(11-6-3)12-10(5-2)14-8-7-13/h4-6,13H,1-3,7-8H2. The zero-order valence-corrected chi connectivity index (χ0v) is 8.02. The molecule has 0 bridgehead atoms. The molecule has 76 valence electrons. The van der Waals surface area contributed by atoms with E-state index >= 15 is 0 Å². The molecule has 0 heterocycles. The van der Waals surface area contributed by atoms with E-state index in [0.29, 0.717) is 11.7 Å². The van der Waals surface area contributed by atoms with Crippen LogP contribution in [0.15, 0.2) is 48.1 Å². The van der Waals surface area contributed by atoms with E-state index < -0.39 is 0 Å². The van der Waals surface area contributed by atoms with Crippen LogP contribution in [0.4, 0.5) is 0 Å². The molecule has 0 aromatic carbocycles. The predicted molar refractivity (Wildman–Crippen MR) is 58.5 cm³/mol. The van der Waals surface area contributed by atoms with Crippen LogP contribution in [-0.4, -0.2) is 30.1 Å². The van der Waals surface area contributed by atoms with Crippen LogP contribution >= 0.6 is 0 Å². The monoisotopic (exact) mass is 194 g/mol. The van der Waals surface area contributed by atoms with Crippen molar-refractivity contribution in [1.29, 1.82) is 0 Å². The van der Waals surface area contributed by atoms with Crippen molar-refractivity contribution in [2.75, 3.05) is 13.2 Å². The normalized spacial score (nSPS) is 12.1. The number of hydrogen-bond donors (Lipinski definition) is 1. The van der Waals surface area contributed by atoms with Gasteiger partial charge < -0.3 is 9.84 Å². The Morgan fingerprint density at radius 3 is 2.43 bits per heavy atom. The van der Waals surface area contributed by atoms with Gasteiger partial charge in [-0.3, -0.25) is 0 Å². The average Bonchev–Trinajstić information content (AvgIpc) is 2.22. The maximum absolute atomic E-state index is 8.52. The summed E-state index contributed by atoms with van der Waals surface area (Å²) < 4.78 is 5.04. The molecule has 0 radical (unpaired) electrons. The molecule has 0 saturated carbocycles. The largest absolute Gasteiger partial charge is 0.475 e. The Morgan fingerprint density at radius 1 is 1.29 bits per heavy atom. The molecule has 0 aromatic rings. The lowest BCUT2D eigenvalue weighted by Crippen LogP contribution is -2.07. The Bertz CT molecular complexity index is 267. The van der Waals surface area contributed by atoms with Gasteiger partial charge in [0.2, 0.25) is 5.90 Å². The van der Waals surface area contributed by atoms with E-state index in [1.165, 1.54) is 18.4 Å². The van der Waals surface area contributed by atoms with Crippen LogP contribution in [0.5, 0.6) is 0 Å². The van der Waals surface area contributed by atoms with Gasteiger partial charge in [-0.05, 0) is 12.2 Å². The summed E-state index contributed by atoms with van der Waals surface area (Å²) in [7, 11) is 0. The smallest absolute Gasteiger partial charge is 0.214 e. The van der Waals surface area contributed by atoms with E-state index in [1.54, 1.807) is 0 Å². The highest BCUT2D eigenvalue weighted by molar-refractivity contribution is 6.04. The van der Waals surface area contributed by atoms with E-state index in [-0.39, 0.29) is 13.2 Å². The lowest BCUT2D eigenvalue weighted by Gasteiger charge is -2.02. The van der Waals surface area contributed by atoms with Crippen LogP contribution in [0.3, 0.4) is 0 Å². The van der Waals surface area contributed by atoms with Crippen molar-refractivity contribution < 1.29 is 9.84 Å². The maximum atomic E-state index is 8.52. The molecule has 0 spiro atoms. The number of ether oxygens (including phenoxy) is 1. The molecule has 0 unspecified atom stereocenters.